The third-order valence-corrected chi connectivity index (χ3v) is 4.50. The van der Waals surface area contributed by atoms with Gasteiger partial charge in [0.2, 0.25) is 5.91 Å². The van der Waals surface area contributed by atoms with Crippen LogP contribution in [0.1, 0.15) is 24.1 Å². The van der Waals surface area contributed by atoms with Gasteiger partial charge in [-0.2, -0.15) is 10.1 Å². The monoisotopic (exact) mass is 382 g/mol. The lowest BCUT2D eigenvalue weighted by Gasteiger charge is -2.15. The molecule has 0 unspecified atom stereocenters. The van der Waals surface area contributed by atoms with Gasteiger partial charge in [-0.05, 0) is 38.5 Å². The molecule has 0 bridgehead atoms. The molecule has 0 aliphatic carbocycles. The third kappa shape index (κ3) is 4.23. The van der Waals surface area contributed by atoms with Crippen molar-refractivity contribution in [3.05, 3.63) is 75.3 Å². The number of rotatable bonds is 4. The molecule has 138 valence electrons. The van der Waals surface area contributed by atoms with Crippen LogP contribution in [-0.2, 0) is 4.79 Å². The molecule has 1 N–H and O–H groups in total. The van der Waals surface area contributed by atoms with Crippen molar-refractivity contribution >= 4 is 23.2 Å². The molecule has 6 nitrogen and oxygen atoms in total. The summed E-state index contributed by atoms with van der Waals surface area (Å²) < 4.78 is 1.06. The van der Waals surface area contributed by atoms with Gasteiger partial charge < -0.3 is 5.32 Å². The average molecular weight is 383 g/mol. The van der Waals surface area contributed by atoms with Crippen molar-refractivity contribution in [1.29, 1.82) is 0 Å². The summed E-state index contributed by atoms with van der Waals surface area (Å²) in [5.74, 6) is -0.375. The van der Waals surface area contributed by atoms with Crippen molar-refractivity contribution < 1.29 is 4.79 Å². The zero-order valence-electron chi connectivity index (χ0n) is 15.2. The van der Waals surface area contributed by atoms with E-state index in [0.717, 1.165) is 21.4 Å². The Morgan fingerprint density at radius 2 is 1.85 bits per heavy atom. The van der Waals surface area contributed by atoms with Crippen LogP contribution in [0.2, 0.25) is 5.02 Å². The second-order valence-corrected chi connectivity index (χ2v) is 6.80. The highest BCUT2D eigenvalue weighted by atomic mass is 35.5. The van der Waals surface area contributed by atoms with Gasteiger partial charge in [-0.1, -0.05) is 47.5 Å². The number of aromatic nitrogens is 3. The van der Waals surface area contributed by atoms with Crippen LogP contribution in [0.5, 0.6) is 0 Å². The number of carbonyl (C=O) groups excluding carboxylic acids is 1. The lowest BCUT2D eigenvalue weighted by atomic mass is 10.1. The lowest BCUT2D eigenvalue weighted by Crippen LogP contribution is -2.35. The van der Waals surface area contributed by atoms with E-state index in [9.17, 15) is 9.59 Å². The molecule has 3 rings (SSSR count). The number of hydrogen-bond donors (Lipinski definition) is 1. The minimum Gasteiger partial charge on any atom is -0.324 e. The molecule has 0 fully saturated rings. The Balaban J connectivity index is 1.83. The van der Waals surface area contributed by atoms with Crippen molar-refractivity contribution in [2.45, 2.75) is 26.8 Å². The molecule has 27 heavy (non-hydrogen) atoms. The summed E-state index contributed by atoms with van der Waals surface area (Å²) in [4.78, 5) is 29.0. The molecule has 0 saturated carbocycles. The molecule has 1 heterocycles. The maximum atomic E-state index is 12.5. The molecule has 0 spiro atoms. The maximum Gasteiger partial charge on any atom is 0.365 e. The van der Waals surface area contributed by atoms with E-state index in [1.807, 2.05) is 44.2 Å². The number of aryl methyl sites for hydroxylation is 2. The van der Waals surface area contributed by atoms with Gasteiger partial charge in [0, 0.05) is 16.3 Å². The Bertz CT molecular complexity index is 1040. The Kier molecular flexibility index (Phi) is 5.37. The molecular formula is C20H19ClN4O2. The van der Waals surface area contributed by atoms with E-state index in [0.29, 0.717) is 16.4 Å². The van der Waals surface area contributed by atoms with Gasteiger partial charge in [-0.25, -0.2) is 9.48 Å². The summed E-state index contributed by atoms with van der Waals surface area (Å²) in [5.41, 5.74) is 3.25. The van der Waals surface area contributed by atoms with Crippen LogP contribution in [0, 0.1) is 13.8 Å². The molecule has 1 amide bonds. The highest BCUT2D eigenvalue weighted by Crippen LogP contribution is 2.21. The summed E-state index contributed by atoms with van der Waals surface area (Å²) >= 11 is 5.98. The van der Waals surface area contributed by atoms with E-state index in [1.54, 1.807) is 19.1 Å². The fourth-order valence-corrected chi connectivity index (χ4v) is 2.73. The highest BCUT2D eigenvalue weighted by molar-refractivity contribution is 6.31. The Morgan fingerprint density at radius 3 is 2.52 bits per heavy atom. The van der Waals surface area contributed by atoms with E-state index < -0.39 is 11.7 Å². The largest absolute Gasteiger partial charge is 0.365 e. The molecule has 0 radical (unpaired) electrons. The molecule has 3 aromatic rings. The predicted molar refractivity (Wildman–Crippen MR) is 106 cm³/mol. The zero-order chi connectivity index (χ0) is 19.6. The number of amides is 1. The van der Waals surface area contributed by atoms with E-state index in [2.05, 4.69) is 15.4 Å². The number of benzene rings is 2. The summed E-state index contributed by atoms with van der Waals surface area (Å²) in [5, 5.41) is 7.43. The number of anilines is 1. The first-order chi connectivity index (χ1) is 12.8. The number of carbonyl (C=O) groups is 1. The van der Waals surface area contributed by atoms with Crippen LogP contribution < -0.4 is 11.0 Å². The van der Waals surface area contributed by atoms with Gasteiger partial charge >= 0.3 is 5.69 Å². The molecule has 0 saturated heterocycles. The van der Waals surface area contributed by atoms with Crippen molar-refractivity contribution in [3.8, 4) is 11.3 Å². The van der Waals surface area contributed by atoms with Crippen LogP contribution in [0.4, 0.5) is 5.69 Å². The molecule has 7 heteroatoms. The molecule has 2 aromatic carbocycles. The normalized spacial score (nSPS) is 11.9. The van der Waals surface area contributed by atoms with Gasteiger partial charge in [-0.15, -0.1) is 0 Å². The third-order valence-electron chi connectivity index (χ3n) is 4.27. The van der Waals surface area contributed by atoms with Crippen LogP contribution in [0.15, 0.2) is 53.5 Å². The first-order valence-electron chi connectivity index (χ1n) is 8.45. The van der Waals surface area contributed by atoms with Gasteiger partial charge in [-0.3, -0.25) is 4.79 Å². The Labute approximate surface area is 161 Å². The number of nitrogens with zero attached hydrogens (tertiary/aromatic N) is 3. The summed E-state index contributed by atoms with van der Waals surface area (Å²) in [6.45, 7) is 5.44. The Morgan fingerprint density at radius 1 is 1.15 bits per heavy atom. The zero-order valence-corrected chi connectivity index (χ0v) is 16.0. The SMILES string of the molecule is Cc1ccc(-c2cnn([C@H](C)C(=O)Nc3cc(Cl)ccc3C)c(=O)n2)cc1. The number of halogens is 1. The summed E-state index contributed by atoms with van der Waals surface area (Å²) in [7, 11) is 0. The highest BCUT2D eigenvalue weighted by Gasteiger charge is 2.19. The van der Waals surface area contributed by atoms with Crippen LogP contribution >= 0.6 is 11.6 Å². The van der Waals surface area contributed by atoms with E-state index in [-0.39, 0.29) is 5.91 Å². The van der Waals surface area contributed by atoms with Gasteiger partial charge in [0.05, 0.1) is 11.9 Å². The van der Waals surface area contributed by atoms with Gasteiger partial charge in [0.25, 0.3) is 0 Å². The number of hydrogen-bond acceptors (Lipinski definition) is 4. The fraction of sp³-hybridized carbons (Fsp3) is 0.200. The van der Waals surface area contributed by atoms with Gasteiger partial charge in [0.15, 0.2) is 0 Å². The molecule has 1 aromatic heterocycles. The average Bonchev–Trinajstić information content (AvgIpc) is 2.64. The summed E-state index contributed by atoms with van der Waals surface area (Å²) in [6.07, 6.45) is 1.49. The van der Waals surface area contributed by atoms with Gasteiger partial charge in [0.1, 0.15) is 6.04 Å². The molecule has 0 aliphatic rings. The van der Waals surface area contributed by atoms with Crippen LogP contribution in [0.3, 0.4) is 0 Å². The second-order valence-electron chi connectivity index (χ2n) is 6.36. The second kappa shape index (κ2) is 7.72. The van der Waals surface area contributed by atoms with Crippen molar-refractivity contribution in [2.24, 2.45) is 0 Å². The fourth-order valence-electron chi connectivity index (χ4n) is 2.56. The maximum absolute atomic E-state index is 12.5. The van der Waals surface area contributed by atoms with Crippen LogP contribution in [-0.4, -0.2) is 20.7 Å². The minimum absolute atomic E-state index is 0.375. The summed E-state index contributed by atoms with van der Waals surface area (Å²) in [6, 6.07) is 12.0. The first-order valence-corrected chi connectivity index (χ1v) is 8.83. The van der Waals surface area contributed by atoms with Crippen LogP contribution in [0.25, 0.3) is 11.3 Å². The van der Waals surface area contributed by atoms with Crippen molar-refractivity contribution in [1.82, 2.24) is 14.8 Å². The smallest absolute Gasteiger partial charge is 0.324 e. The van der Waals surface area contributed by atoms with Crippen molar-refractivity contribution in [2.75, 3.05) is 5.32 Å². The lowest BCUT2D eigenvalue weighted by molar-refractivity contribution is -0.119. The molecular weight excluding hydrogens is 364 g/mol. The Hall–Kier alpha value is -2.99. The van der Waals surface area contributed by atoms with E-state index in [4.69, 9.17) is 11.6 Å². The quantitative estimate of drug-likeness (QED) is 0.745. The predicted octanol–water partition coefficient (Wildman–Crippen LogP) is 3.78. The molecule has 1 atom stereocenters. The number of nitrogens with one attached hydrogen (secondary N) is 1. The minimum atomic E-state index is -0.824. The van der Waals surface area contributed by atoms with E-state index >= 15 is 0 Å². The molecule has 0 aliphatic heterocycles. The van der Waals surface area contributed by atoms with E-state index in [1.165, 1.54) is 6.20 Å². The topological polar surface area (TPSA) is 76.9 Å². The standard InChI is InChI=1S/C20H19ClN4O2/c1-12-4-7-15(8-5-12)18-11-22-25(20(27)24-18)14(3)19(26)23-17-10-16(21)9-6-13(17)2/h4-11,14H,1-3H3,(H,23,26)/t14-/m1/s1. The first kappa shape index (κ1) is 18.8. The van der Waals surface area contributed by atoms with Crippen molar-refractivity contribution in [3.63, 3.8) is 0 Å².